The molecule has 0 saturated heterocycles. The highest BCUT2D eigenvalue weighted by Crippen LogP contribution is 2.36. The van der Waals surface area contributed by atoms with Gasteiger partial charge in [-0.05, 0) is 18.0 Å². The van der Waals surface area contributed by atoms with Crippen molar-refractivity contribution in [3.05, 3.63) is 28.3 Å². The molecule has 17 heavy (non-hydrogen) atoms. The zero-order valence-corrected chi connectivity index (χ0v) is 9.85. The Bertz CT molecular complexity index is 427. The molecule has 1 heterocycles. The Morgan fingerprint density at radius 2 is 2.41 bits per heavy atom. The Morgan fingerprint density at radius 1 is 1.59 bits per heavy atom. The quantitative estimate of drug-likeness (QED) is 0.499. The molecule has 0 aliphatic carbocycles. The van der Waals surface area contributed by atoms with Gasteiger partial charge < -0.3 is 9.84 Å². The van der Waals surface area contributed by atoms with Gasteiger partial charge in [0, 0.05) is 25.2 Å². The SMILES string of the molecule is O=[N+]([O-])c1ccc2c(c1)SN(CCO)CCO2. The van der Waals surface area contributed by atoms with E-state index in [4.69, 9.17) is 9.84 Å². The molecule has 0 atom stereocenters. The van der Waals surface area contributed by atoms with Crippen molar-refractivity contribution >= 4 is 17.6 Å². The Labute approximate surface area is 102 Å². The molecule has 1 aromatic rings. The molecule has 92 valence electrons. The Hall–Kier alpha value is -1.31. The molecular formula is C10H12N2O4S. The minimum atomic E-state index is -0.428. The van der Waals surface area contributed by atoms with E-state index in [1.807, 2.05) is 4.31 Å². The van der Waals surface area contributed by atoms with Gasteiger partial charge in [0.15, 0.2) is 0 Å². The Balaban J connectivity index is 2.25. The summed E-state index contributed by atoms with van der Waals surface area (Å²) < 4.78 is 7.42. The number of benzene rings is 1. The third-order valence-electron chi connectivity index (χ3n) is 2.31. The van der Waals surface area contributed by atoms with E-state index < -0.39 is 4.92 Å². The van der Waals surface area contributed by atoms with Crippen molar-refractivity contribution in [1.82, 2.24) is 4.31 Å². The summed E-state index contributed by atoms with van der Waals surface area (Å²) in [5.41, 5.74) is 0.0469. The van der Waals surface area contributed by atoms with Crippen molar-refractivity contribution < 1.29 is 14.8 Å². The first-order chi connectivity index (χ1) is 8.20. The van der Waals surface area contributed by atoms with Crippen LogP contribution in [-0.4, -0.2) is 40.6 Å². The summed E-state index contributed by atoms with van der Waals surface area (Å²) in [6.07, 6.45) is 0. The van der Waals surface area contributed by atoms with Gasteiger partial charge in [0.25, 0.3) is 5.69 Å². The van der Waals surface area contributed by atoms with E-state index in [-0.39, 0.29) is 12.3 Å². The monoisotopic (exact) mass is 256 g/mol. The zero-order valence-electron chi connectivity index (χ0n) is 9.04. The first-order valence-corrected chi connectivity index (χ1v) is 5.93. The van der Waals surface area contributed by atoms with Gasteiger partial charge in [-0.15, -0.1) is 0 Å². The summed E-state index contributed by atoms with van der Waals surface area (Å²) in [6.45, 7) is 1.75. The minimum Gasteiger partial charge on any atom is -0.491 e. The lowest BCUT2D eigenvalue weighted by Gasteiger charge is -2.15. The van der Waals surface area contributed by atoms with E-state index in [1.165, 1.54) is 24.1 Å². The van der Waals surface area contributed by atoms with Crippen molar-refractivity contribution in [2.75, 3.05) is 26.3 Å². The minimum absolute atomic E-state index is 0.0469. The number of aliphatic hydroxyl groups excluding tert-OH is 1. The fourth-order valence-electron chi connectivity index (χ4n) is 1.51. The molecule has 0 spiro atoms. The predicted molar refractivity (Wildman–Crippen MR) is 63.1 cm³/mol. The van der Waals surface area contributed by atoms with Crippen LogP contribution in [0.3, 0.4) is 0 Å². The molecule has 0 unspecified atom stereocenters. The van der Waals surface area contributed by atoms with Crippen LogP contribution in [0.25, 0.3) is 0 Å². The van der Waals surface area contributed by atoms with E-state index in [1.54, 1.807) is 6.07 Å². The third-order valence-corrected chi connectivity index (χ3v) is 3.45. The van der Waals surface area contributed by atoms with Gasteiger partial charge in [0.05, 0.1) is 16.4 Å². The smallest absolute Gasteiger partial charge is 0.270 e. The van der Waals surface area contributed by atoms with Crippen LogP contribution in [0.4, 0.5) is 5.69 Å². The van der Waals surface area contributed by atoms with Crippen LogP contribution in [0.1, 0.15) is 0 Å². The lowest BCUT2D eigenvalue weighted by Crippen LogP contribution is -2.23. The maximum absolute atomic E-state index is 10.7. The number of hydrogen-bond acceptors (Lipinski definition) is 6. The summed E-state index contributed by atoms with van der Waals surface area (Å²) in [5.74, 6) is 0.654. The fourth-order valence-corrected chi connectivity index (χ4v) is 2.52. The number of nitro groups is 1. The maximum Gasteiger partial charge on any atom is 0.270 e. The van der Waals surface area contributed by atoms with Gasteiger partial charge in [-0.25, -0.2) is 4.31 Å². The topological polar surface area (TPSA) is 75.8 Å². The van der Waals surface area contributed by atoms with Crippen molar-refractivity contribution in [2.45, 2.75) is 4.90 Å². The highest BCUT2D eigenvalue weighted by atomic mass is 32.2. The highest BCUT2D eigenvalue weighted by molar-refractivity contribution is 7.97. The lowest BCUT2D eigenvalue weighted by atomic mass is 10.3. The lowest BCUT2D eigenvalue weighted by molar-refractivity contribution is -0.385. The number of β-amino-alcohol motifs (C(OH)–C–C–N with tert-alkyl or cyclic N) is 1. The van der Waals surface area contributed by atoms with E-state index in [0.29, 0.717) is 30.3 Å². The maximum atomic E-state index is 10.7. The normalized spacial score (nSPS) is 15.8. The number of hydrogen-bond donors (Lipinski definition) is 1. The molecule has 2 rings (SSSR count). The number of non-ortho nitro benzene ring substituents is 1. The highest BCUT2D eigenvalue weighted by Gasteiger charge is 2.18. The molecule has 1 aliphatic rings. The van der Waals surface area contributed by atoms with E-state index >= 15 is 0 Å². The fraction of sp³-hybridized carbons (Fsp3) is 0.400. The van der Waals surface area contributed by atoms with Crippen molar-refractivity contribution in [3.8, 4) is 5.75 Å². The van der Waals surface area contributed by atoms with Crippen LogP contribution in [-0.2, 0) is 0 Å². The summed E-state index contributed by atoms with van der Waals surface area (Å²) >= 11 is 1.38. The molecule has 1 aromatic carbocycles. The first-order valence-electron chi connectivity index (χ1n) is 5.15. The zero-order chi connectivity index (χ0) is 12.3. The number of aliphatic hydroxyl groups is 1. The average molecular weight is 256 g/mol. The third kappa shape index (κ3) is 2.87. The molecule has 6 nitrogen and oxygen atoms in total. The number of nitro benzene ring substituents is 1. The molecule has 0 saturated carbocycles. The summed E-state index contributed by atoms with van der Waals surface area (Å²) in [4.78, 5) is 11.0. The van der Waals surface area contributed by atoms with Gasteiger partial charge in [-0.2, -0.15) is 0 Å². The standard InChI is InChI=1S/C10H12N2O4S/c13-5-3-11-4-6-16-9-2-1-8(12(14)15)7-10(9)17-11/h1-2,7,13H,3-6H2. The van der Waals surface area contributed by atoms with E-state index in [0.717, 1.165) is 0 Å². The van der Waals surface area contributed by atoms with Crippen LogP contribution in [0.5, 0.6) is 5.75 Å². The van der Waals surface area contributed by atoms with Crippen LogP contribution in [0.2, 0.25) is 0 Å². The van der Waals surface area contributed by atoms with Crippen molar-refractivity contribution in [1.29, 1.82) is 0 Å². The molecule has 1 N–H and O–H groups in total. The predicted octanol–water partition coefficient (Wildman–Crippen LogP) is 1.29. The molecule has 1 aliphatic heterocycles. The van der Waals surface area contributed by atoms with Gasteiger partial charge in [-0.1, -0.05) is 0 Å². The number of ether oxygens (including phenoxy) is 1. The van der Waals surface area contributed by atoms with E-state index in [9.17, 15) is 10.1 Å². The summed E-state index contributed by atoms with van der Waals surface area (Å²) in [7, 11) is 0. The van der Waals surface area contributed by atoms with Crippen LogP contribution < -0.4 is 4.74 Å². The second-order valence-corrected chi connectivity index (χ2v) is 4.62. The molecule has 0 bridgehead atoms. The number of rotatable bonds is 3. The molecule has 0 radical (unpaired) electrons. The molecule has 0 fully saturated rings. The number of fused-ring (bicyclic) bond motifs is 1. The number of nitrogens with zero attached hydrogens (tertiary/aromatic N) is 2. The van der Waals surface area contributed by atoms with Gasteiger partial charge in [0.2, 0.25) is 0 Å². The summed E-state index contributed by atoms with van der Waals surface area (Å²) in [5, 5.41) is 19.6. The van der Waals surface area contributed by atoms with Crippen LogP contribution >= 0.6 is 11.9 Å². The first kappa shape index (κ1) is 12.2. The molecule has 0 aromatic heterocycles. The average Bonchev–Trinajstić information content (AvgIpc) is 2.50. The Morgan fingerprint density at radius 3 is 3.12 bits per heavy atom. The molecule has 7 heteroatoms. The molecule has 0 amide bonds. The van der Waals surface area contributed by atoms with Crippen molar-refractivity contribution in [2.24, 2.45) is 0 Å². The summed E-state index contributed by atoms with van der Waals surface area (Å²) in [6, 6.07) is 4.54. The van der Waals surface area contributed by atoms with Crippen LogP contribution in [0, 0.1) is 10.1 Å². The second-order valence-electron chi connectivity index (χ2n) is 3.48. The van der Waals surface area contributed by atoms with Gasteiger partial charge >= 0.3 is 0 Å². The largest absolute Gasteiger partial charge is 0.491 e. The van der Waals surface area contributed by atoms with Gasteiger partial charge in [0.1, 0.15) is 12.4 Å². The van der Waals surface area contributed by atoms with Crippen molar-refractivity contribution in [3.63, 3.8) is 0 Å². The van der Waals surface area contributed by atoms with E-state index in [2.05, 4.69) is 0 Å². The van der Waals surface area contributed by atoms with Gasteiger partial charge in [-0.3, -0.25) is 10.1 Å². The van der Waals surface area contributed by atoms with Crippen LogP contribution in [0.15, 0.2) is 23.1 Å². The molecular weight excluding hydrogens is 244 g/mol. The Kier molecular flexibility index (Phi) is 3.82. The second kappa shape index (κ2) is 5.35.